The molecule has 5 aromatic rings. The van der Waals surface area contributed by atoms with Gasteiger partial charge in [0.1, 0.15) is 5.52 Å². The molecule has 0 saturated carbocycles. The van der Waals surface area contributed by atoms with Gasteiger partial charge in [-0.15, -0.1) is 5.10 Å². The molecule has 5 rings (SSSR count). The predicted octanol–water partition coefficient (Wildman–Crippen LogP) is 4.35. The standard InChI is InChI=1S/C20H13BrN6O/c21-16-6-2-1-5-15(16)20-23-19(25-28-20)14-7-8-18-17(10-14)24-26-27(18)12-13-4-3-9-22-11-13/h1-11H,12H2. The lowest BCUT2D eigenvalue weighted by Gasteiger charge is -2.02. The fourth-order valence-electron chi connectivity index (χ4n) is 2.98. The summed E-state index contributed by atoms with van der Waals surface area (Å²) in [6, 6.07) is 17.5. The molecule has 136 valence electrons. The van der Waals surface area contributed by atoms with Gasteiger partial charge in [-0.05, 0) is 57.9 Å². The van der Waals surface area contributed by atoms with Crippen molar-refractivity contribution in [1.82, 2.24) is 30.1 Å². The summed E-state index contributed by atoms with van der Waals surface area (Å²) in [5.41, 5.74) is 4.44. The largest absolute Gasteiger partial charge is 0.334 e. The summed E-state index contributed by atoms with van der Waals surface area (Å²) in [5.74, 6) is 0.970. The van der Waals surface area contributed by atoms with Gasteiger partial charge in [-0.1, -0.05) is 28.6 Å². The first-order valence-corrected chi connectivity index (χ1v) is 9.38. The maximum Gasteiger partial charge on any atom is 0.259 e. The van der Waals surface area contributed by atoms with Crippen molar-refractivity contribution in [3.8, 4) is 22.8 Å². The monoisotopic (exact) mass is 432 g/mol. The molecule has 0 aliphatic heterocycles. The number of nitrogens with zero attached hydrogens (tertiary/aromatic N) is 6. The van der Waals surface area contributed by atoms with Crippen LogP contribution in [0.25, 0.3) is 33.9 Å². The van der Waals surface area contributed by atoms with Crippen molar-refractivity contribution in [3.63, 3.8) is 0 Å². The molecule has 0 saturated heterocycles. The van der Waals surface area contributed by atoms with E-state index in [1.807, 2.05) is 65.5 Å². The average Bonchev–Trinajstić information content (AvgIpc) is 3.37. The van der Waals surface area contributed by atoms with Crippen LogP contribution in [0.2, 0.25) is 0 Å². The fraction of sp³-hybridized carbons (Fsp3) is 0.0500. The number of hydrogen-bond donors (Lipinski definition) is 0. The first-order chi connectivity index (χ1) is 13.8. The van der Waals surface area contributed by atoms with Gasteiger partial charge in [0.2, 0.25) is 5.82 Å². The van der Waals surface area contributed by atoms with Crippen molar-refractivity contribution < 1.29 is 4.52 Å². The number of fused-ring (bicyclic) bond motifs is 1. The topological polar surface area (TPSA) is 82.5 Å². The Morgan fingerprint density at radius 3 is 2.82 bits per heavy atom. The zero-order valence-electron chi connectivity index (χ0n) is 14.5. The zero-order chi connectivity index (χ0) is 18.9. The van der Waals surface area contributed by atoms with Crippen LogP contribution in [0.15, 0.2) is 76.0 Å². The number of hydrogen-bond acceptors (Lipinski definition) is 6. The highest BCUT2D eigenvalue weighted by atomic mass is 79.9. The molecule has 7 nitrogen and oxygen atoms in total. The van der Waals surface area contributed by atoms with E-state index in [0.29, 0.717) is 18.3 Å². The van der Waals surface area contributed by atoms with E-state index in [1.165, 1.54) is 0 Å². The number of aromatic nitrogens is 6. The second kappa shape index (κ2) is 6.97. The normalized spacial score (nSPS) is 11.2. The second-order valence-corrected chi connectivity index (χ2v) is 7.07. The molecule has 0 N–H and O–H groups in total. The number of rotatable bonds is 4. The van der Waals surface area contributed by atoms with Gasteiger partial charge in [0.25, 0.3) is 5.89 Å². The summed E-state index contributed by atoms with van der Waals surface area (Å²) < 4.78 is 8.19. The van der Waals surface area contributed by atoms with E-state index < -0.39 is 0 Å². The molecule has 0 unspecified atom stereocenters. The molecule has 0 bridgehead atoms. The quantitative estimate of drug-likeness (QED) is 0.419. The molecule has 0 spiro atoms. The minimum atomic E-state index is 0.461. The summed E-state index contributed by atoms with van der Waals surface area (Å²) >= 11 is 3.51. The first-order valence-electron chi connectivity index (χ1n) is 8.59. The summed E-state index contributed by atoms with van der Waals surface area (Å²) in [6.07, 6.45) is 3.58. The van der Waals surface area contributed by atoms with E-state index in [9.17, 15) is 0 Å². The number of halogens is 1. The average molecular weight is 433 g/mol. The van der Waals surface area contributed by atoms with Crippen LogP contribution in [0, 0.1) is 0 Å². The van der Waals surface area contributed by atoms with E-state index in [4.69, 9.17) is 4.52 Å². The molecule has 0 aliphatic rings. The van der Waals surface area contributed by atoms with Crippen molar-refractivity contribution in [2.75, 3.05) is 0 Å². The Bertz CT molecular complexity index is 1260. The molecule has 3 heterocycles. The molecule has 0 atom stereocenters. The smallest absolute Gasteiger partial charge is 0.259 e. The number of pyridine rings is 1. The van der Waals surface area contributed by atoms with Crippen molar-refractivity contribution in [2.24, 2.45) is 0 Å². The van der Waals surface area contributed by atoms with Crippen LogP contribution >= 0.6 is 15.9 Å². The summed E-state index contributed by atoms with van der Waals surface area (Å²) in [4.78, 5) is 8.66. The molecule has 0 amide bonds. The van der Waals surface area contributed by atoms with Gasteiger partial charge in [0, 0.05) is 22.4 Å². The Kier molecular flexibility index (Phi) is 4.17. The van der Waals surface area contributed by atoms with Crippen molar-refractivity contribution in [3.05, 3.63) is 77.0 Å². The first kappa shape index (κ1) is 16.8. The van der Waals surface area contributed by atoms with Gasteiger partial charge in [0.15, 0.2) is 0 Å². The third-order valence-electron chi connectivity index (χ3n) is 4.36. The van der Waals surface area contributed by atoms with Gasteiger partial charge in [-0.2, -0.15) is 4.98 Å². The second-order valence-electron chi connectivity index (χ2n) is 6.21. The molecule has 0 aliphatic carbocycles. The van der Waals surface area contributed by atoms with Crippen LogP contribution in [-0.4, -0.2) is 30.1 Å². The van der Waals surface area contributed by atoms with Crippen LogP contribution < -0.4 is 0 Å². The maximum absolute atomic E-state index is 5.44. The van der Waals surface area contributed by atoms with E-state index >= 15 is 0 Å². The molecular formula is C20H13BrN6O. The van der Waals surface area contributed by atoms with Crippen LogP contribution in [0.4, 0.5) is 0 Å². The van der Waals surface area contributed by atoms with Crippen molar-refractivity contribution in [2.45, 2.75) is 6.54 Å². The van der Waals surface area contributed by atoms with Gasteiger partial charge >= 0.3 is 0 Å². The van der Waals surface area contributed by atoms with Crippen LogP contribution in [0.1, 0.15) is 5.56 Å². The highest BCUT2D eigenvalue weighted by Gasteiger charge is 2.14. The van der Waals surface area contributed by atoms with Crippen LogP contribution in [0.5, 0.6) is 0 Å². The molecule has 2 aromatic carbocycles. The van der Waals surface area contributed by atoms with Gasteiger partial charge in [-0.3, -0.25) is 4.98 Å². The Labute approximate surface area is 168 Å². The maximum atomic E-state index is 5.44. The highest BCUT2D eigenvalue weighted by molar-refractivity contribution is 9.10. The van der Waals surface area contributed by atoms with Crippen molar-refractivity contribution >= 4 is 27.0 Å². The highest BCUT2D eigenvalue weighted by Crippen LogP contribution is 2.29. The third-order valence-corrected chi connectivity index (χ3v) is 5.05. The Hall–Kier alpha value is -3.39. The summed E-state index contributed by atoms with van der Waals surface area (Å²) in [5, 5.41) is 12.7. The lowest BCUT2D eigenvalue weighted by Crippen LogP contribution is -2.01. The molecule has 28 heavy (non-hydrogen) atoms. The lowest BCUT2D eigenvalue weighted by atomic mass is 10.2. The fourth-order valence-corrected chi connectivity index (χ4v) is 3.43. The van der Waals surface area contributed by atoms with Crippen molar-refractivity contribution in [1.29, 1.82) is 0 Å². The number of benzene rings is 2. The Morgan fingerprint density at radius 1 is 1.04 bits per heavy atom. The van der Waals surface area contributed by atoms with E-state index in [1.54, 1.807) is 6.20 Å². The molecule has 0 radical (unpaired) electrons. The SMILES string of the molecule is Brc1ccccc1-c1nc(-c2ccc3c(c2)nnn3Cc2cccnc2)no1. The van der Waals surface area contributed by atoms with Gasteiger partial charge in [-0.25, -0.2) is 4.68 Å². The van der Waals surface area contributed by atoms with Gasteiger partial charge < -0.3 is 4.52 Å². The lowest BCUT2D eigenvalue weighted by molar-refractivity contribution is 0.432. The van der Waals surface area contributed by atoms with Gasteiger partial charge in [0.05, 0.1) is 17.6 Å². The molecule has 3 aromatic heterocycles. The third kappa shape index (κ3) is 3.07. The van der Waals surface area contributed by atoms with E-state index in [-0.39, 0.29) is 0 Å². The predicted molar refractivity (Wildman–Crippen MR) is 107 cm³/mol. The Morgan fingerprint density at radius 2 is 1.96 bits per heavy atom. The summed E-state index contributed by atoms with van der Waals surface area (Å²) in [6.45, 7) is 0.609. The molecule has 0 fully saturated rings. The zero-order valence-corrected chi connectivity index (χ0v) is 16.1. The Balaban J connectivity index is 1.47. The minimum absolute atomic E-state index is 0.461. The van der Waals surface area contributed by atoms with E-state index in [0.717, 1.165) is 32.2 Å². The van der Waals surface area contributed by atoms with Crippen LogP contribution in [0.3, 0.4) is 0 Å². The van der Waals surface area contributed by atoms with Crippen LogP contribution in [-0.2, 0) is 6.54 Å². The minimum Gasteiger partial charge on any atom is -0.334 e. The molecular weight excluding hydrogens is 420 g/mol. The molecule has 8 heteroatoms. The summed E-state index contributed by atoms with van der Waals surface area (Å²) in [7, 11) is 0. The van der Waals surface area contributed by atoms with E-state index in [2.05, 4.69) is 41.4 Å².